The van der Waals surface area contributed by atoms with E-state index in [0.29, 0.717) is 10.0 Å². The Morgan fingerprint density at radius 1 is 1.53 bits per heavy atom. The number of rotatable bonds is 4. The van der Waals surface area contributed by atoms with Crippen molar-refractivity contribution in [2.45, 2.75) is 31.4 Å². The van der Waals surface area contributed by atoms with Gasteiger partial charge in [0, 0.05) is 21.4 Å². The van der Waals surface area contributed by atoms with Crippen LogP contribution in [0, 0.1) is 17.1 Å². The van der Waals surface area contributed by atoms with E-state index >= 15 is 0 Å². The molecule has 0 aliphatic heterocycles. The van der Waals surface area contributed by atoms with Gasteiger partial charge in [-0.25, -0.2) is 4.39 Å². The van der Waals surface area contributed by atoms with E-state index in [0.717, 1.165) is 0 Å². The van der Waals surface area contributed by atoms with E-state index in [2.05, 4.69) is 20.7 Å². The number of benzene rings is 1. The van der Waals surface area contributed by atoms with E-state index in [4.69, 9.17) is 5.26 Å². The second-order valence-corrected chi connectivity index (χ2v) is 8.04. The molecule has 1 aromatic rings. The largest absolute Gasteiger partial charge is 0.598 e. The van der Waals surface area contributed by atoms with Crippen LogP contribution in [0.4, 0.5) is 4.39 Å². The van der Waals surface area contributed by atoms with Crippen molar-refractivity contribution in [1.29, 1.82) is 5.26 Å². The minimum absolute atomic E-state index is 0.147. The Balaban J connectivity index is 2.80. The second-order valence-electron chi connectivity index (χ2n) is 5.08. The summed E-state index contributed by atoms with van der Waals surface area (Å²) in [5.41, 5.74) is 0.301. The maximum Gasteiger partial charge on any atom is 0.136 e. The van der Waals surface area contributed by atoms with Crippen LogP contribution in [-0.4, -0.2) is 15.8 Å². The first-order chi connectivity index (χ1) is 8.75. The lowest BCUT2D eigenvalue weighted by molar-refractivity contribution is 0.539. The van der Waals surface area contributed by atoms with Gasteiger partial charge in [-0.05, 0) is 39.0 Å². The zero-order valence-corrected chi connectivity index (χ0v) is 13.4. The predicted octanol–water partition coefficient (Wildman–Crippen LogP) is 3.25. The monoisotopic (exact) mass is 346 g/mol. The topological polar surface area (TPSA) is 58.9 Å². The molecule has 0 aromatic heterocycles. The highest BCUT2D eigenvalue weighted by atomic mass is 79.9. The molecule has 104 valence electrons. The third kappa shape index (κ3) is 4.77. The van der Waals surface area contributed by atoms with Crippen LogP contribution in [0.15, 0.2) is 22.7 Å². The van der Waals surface area contributed by atoms with Crippen LogP contribution in [-0.2, 0) is 11.4 Å². The SMILES string of the molecule is CC(C)(C)[S+]([O-])NCC(C#N)c1cc(Br)ccc1F. The van der Waals surface area contributed by atoms with E-state index in [1.54, 1.807) is 12.1 Å². The number of nitrogens with zero attached hydrogens (tertiary/aromatic N) is 1. The third-order valence-corrected chi connectivity index (χ3v) is 4.50. The summed E-state index contributed by atoms with van der Waals surface area (Å²) in [4.78, 5) is 0. The van der Waals surface area contributed by atoms with Crippen LogP contribution in [0.2, 0.25) is 0 Å². The Bertz CT molecular complexity index is 485. The zero-order valence-electron chi connectivity index (χ0n) is 11.0. The number of hydrogen-bond acceptors (Lipinski definition) is 3. The van der Waals surface area contributed by atoms with Crippen molar-refractivity contribution >= 4 is 27.3 Å². The molecule has 1 rings (SSSR count). The molecule has 0 aliphatic rings. The fourth-order valence-electron chi connectivity index (χ4n) is 1.38. The minimum Gasteiger partial charge on any atom is -0.598 e. The van der Waals surface area contributed by atoms with Gasteiger partial charge in [-0.3, -0.25) is 0 Å². The summed E-state index contributed by atoms with van der Waals surface area (Å²) in [5.74, 6) is -1.11. The summed E-state index contributed by atoms with van der Waals surface area (Å²) in [6.45, 7) is 5.64. The molecule has 0 aliphatic carbocycles. The molecule has 3 nitrogen and oxygen atoms in total. The van der Waals surface area contributed by atoms with Crippen LogP contribution in [0.3, 0.4) is 0 Å². The fraction of sp³-hybridized carbons (Fsp3) is 0.462. The van der Waals surface area contributed by atoms with Crippen molar-refractivity contribution in [3.8, 4) is 6.07 Å². The van der Waals surface area contributed by atoms with Gasteiger partial charge >= 0.3 is 0 Å². The highest BCUT2D eigenvalue weighted by Gasteiger charge is 2.28. The molecule has 1 aromatic carbocycles. The number of nitriles is 1. The lowest BCUT2D eigenvalue weighted by Gasteiger charge is -2.24. The standard InChI is InChI=1S/C13H16BrFN2OS/c1-13(2,3)19(18)17-8-9(7-16)11-6-10(14)4-5-12(11)15/h4-6,9,17H,8H2,1-3H3. The van der Waals surface area contributed by atoms with Crippen LogP contribution in [0.25, 0.3) is 0 Å². The summed E-state index contributed by atoms with van der Waals surface area (Å²) in [6.07, 6.45) is 0. The van der Waals surface area contributed by atoms with Gasteiger partial charge in [0.05, 0.1) is 18.5 Å². The summed E-state index contributed by atoms with van der Waals surface area (Å²) in [7, 11) is 0. The molecule has 6 heteroatoms. The summed E-state index contributed by atoms with van der Waals surface area (Å²) in [5, 5.41) is 9.14. The van der Waals surface area contributed by atoms with E-state index < -0.39 is 27.8 Å². The van der Waals surface area contributed by atoms with E-state index in [-0.39, 0.29) is 6.54 Å². The molecule has 19 heavy (non-hydrogen) atoms. The van der Waals surface area contributed by atoms with Crippen molar-refractivity contribution in [3.63, 3.8) is 0 Å². The van der Waals surface area contributed by atoms with Crippen LogP contribution in [0.1, 0.15) is 32.3 Å². The van der Waals surface area contributed by atoms with Gasteiger partial charge in [-0.2, -0.15) is 5.26 Å². The Morgan fingerprint density at radius 2 is 2.16 bits per heavy atom. The van der Waals surface area contributed by atoms with Crippen LogP contribution >= 0.6 is 15.9 Å². The molecule has 0 saturated carbocycles. The van der Waals surface area contributed by atoms with Crippen molar-refractivity contribution in [1.82, 2.24) is 4.72 Å². The summed E-state index contributed by atoms with van der Waals surface area (Å²) in [6, 6.07) is 6.50. The summed E-state index contributed by atoms with van der Waals surface area (Å²) >= 11 is 1.97. The van der Waals surface area contributed by atoms with Crippen molar-refractivity contribution in [2.75, 3.05) is 6.54 Å². The normalized spacial score (nSPS) is 14.8. The van der Waals surface area contributed by atoms with Crippen molar-refractivity contribution < 1.29 is 8.94 Å². The van der Waals surface area contributed by atoms with E-state index in [9.17, 15) is 8.94 Å². The first kappa shape index (κ1) is 16.4. The molecular formula is C13H16BrFN2OS. The minimum atomic E-state index is -1.28. The van der Waals surface area contributed by atoms with Gasteiger partial charge in [-0.15, -0.1) is 4.72 Å². The molecule has 1 N–H and O–H groups in total. The number of hydrogen-bond donors (Lipinski definition) is 1. The van der Waals surface area contributed by atoms with Gasteiger partial charge in [0.1, 0.15) is 10.6 Å². The zero-order chi connectivity index (χ0) is 14.6. The molecule has 0 bridgehead atoms. The summed E-state index contributed by atoms with van der Waals surface area (Å²) < 4.78 is 28.6. The molecule has 0 fully saturated rings. The van der Waals surface area contributed by atoms with Crippen molar-refractivity contribution in [2.24, 2.45) is 0 Å². The van der Waals surface area contributed by atoms with E-state index in [1.165, 1.54) is 6.07 Å². The number of halogens is 2. The first-order valence-electron chi connectivity index (χ1n) is 5.75. The molecule has 0 spiro atoms. The van der Waals surface area contributed by atoms with E-state index in [1.807, 2.05) is 26.8 Å². The number of nitrogens with one attached hydrogen (secondary N) is 1. The molecule has 0 saturated heterocycles. The Labute approximate surface area is 124 Å². The average molecular weight is 347 g/mol. The van der Waals surface area contributed by atoms with Gasteiger partial charge in [0.25, 0.3) is 0 Å². The molecule has 0 radical (unpaired) electrons. The second kappa shape index (κ2) is 6.71. The molecular weight excluding hydrogens is 331 g/mol. The third-order valence-electron chi connectivity index (χ3n) is 2.46. The maximum atomic E-state index is 13.7. The van der Waals surface area contributed by atoms with Crippen molar-refractivity contribution in [3.05, 3.63) is 34.1 Å². The average Bonchev–Trinajstić information content (AvgIpc) is 2.32. The predicted molar refractivity (Wildman–Crippen MR) is 78.4 cm³/mol. The highest BCUT2D eigenvalue weighted by molar-refractivity contribution is 9.10. The van der Waals surface area contributed by atoms with Crippen LogP contribution < -0.4 is 4.72 Å². The van der Waals surface area contributed by atoms with Gasteiger partial charge < -0.3 is 4.55 Å². The Kier molecular flexibility index (Phi) is 5.81. The Morgan fingerprint density at radius 3 is 2.68 bits per heavy atom. The Hall–Kier alpha value is -0.610. The smallest absolute Gasteiger partial charge is 0.136 e. The lowest BCUT2D eigenvalue weighted by Crippen LogP contribution is -2.41. The highest BCUT2D eigenvalue weighted by Crippen LogP contribution is 2.23. The lowest BCUT2D eigenvalue weighted by atomic mass is 10.0. The van der Waals surface area contributed by atoms with Gasteiger partial charge in [0.15, 0.2) is 0 Å². The molecule has 2 unspecified atom stereocenters. The maximum absolute atomic E-state index is 13.7. The van der Waals surface area contributed by atoms with Gasteiger partial charge in [-0.1, -0.05) is 15.9 Å². The molecule has 0 amide bonds. The fourth-order valence-corrected chi connectivity index (χ4v) is 2.51. The molecule has 2 atom stereocenters. The molecule has 0 heterocycles. The quantitative estimate of drug-likeness (QED) is 0.851. The van der Waals surface area contributed by atoms with Gasteiger partial charge in [0.2, 0.25) is 0 Å². The van der Waals surface area contributed by atoms with Crippen LogP contribution in [0.5, 0.6) is 0 Å². The first-order valence-corrected chi connectivity index (χ1v) is 7.70.